The van der Waals surface area contributed by atoms with Crippen LogP contribution < -0.4 is 15.9 Å². The van der Waals surface area contributed by atoms with E-state index in [-0.39, 0.29) is 5.91 Å². The number of nitrogen functional groups attached to an aromatic ring is 1. The summed E-state index contributed by atoms with van der Waals surface area (Å²) in [7, 11) is 0. The van der Waals surface area contributed by atoms with Gasteiger partial charge in [-0.25, -0.2) is 10.4 Å². The largest absolute Gasteiger partial charge is 0.457 e. The predicted octanol–water partition coefficient (Wildman–Crippen LogP) is 3.84. The fourth-order valence-corrected chi connectivity index (χ4v) is 3.10. The van der Waals surface area contributed by atoms with Crippen molar-refractivity contribution in [2.75, 3.05) is 5.73 Å². The molecule has 0 aliphatic carbocycles. The van der Waals surface area contributed by atoms with Crippen LogP contribution in [0.4, 0.5) is 5.13 Å². The molecule has 132 valence electrons. The molecule has 2 aromatic carbocycles. The van der Waals surface area contributed by atoms with Gasteiger partial charge >= 0.3 is 0 Å². The molecule has 0 spiro atoms. The first-order valence-electron chi connectivity index (χ1n) is 8.07. The van der Waals surface area contributed by atoms with Crippen LogP contribution in [0, 0.1) is 0 Å². The second kappa shape index (κ2) is 8.26. The number of ether oxygens (including phenoxy) is 1. The number of nitrogens with one attached hydrogen (secondary N) is 1. The van der Waals surface area contributed by atoms with E-state index < -0.39 is 0 Å². The fraction of sp³-hybridized carbons (Fsp3) is 0.105. The molecule has 3 rings (SSSR count). The van der Waals surface area contributed by atoms with Gasteiger partial charge in [-0.1, -0.05) is 48.6 Å². The van der Waals surface area contributed by atoms with Gasteiger partial charge in [0, 0.05) is 0 Å². The molecule has 1 amide bonds. The molecule has 1 heterocycles. The zero-order chi connectivity index (χ0) is 18.4. The summed E-state index contributed by atoms with van der Waals surface area (Å²) in [5.41, 5.74) is 9.66. The quantitative estimate of drug-likeness (QED) is 0.512. The highest BCUT2D eigenvalue weighted by atomic mass is 32.1. The standard InChI is InChI=1S/C19H18N4O2S/c1-2-16-17(26-19(20)22-16)18(24)23-21-12-13-7-6-10-15(11-13)25-14-8-4-3-5-9-14/h3-12H,2H2,1H3,(H2,20,22)(H,23,24). The van der Waals surface area contributed by atoms with Gasteiger partial charge in [0.05, 0.1) is 11.9 Å². The van der Waals surface area contributed by atoms with Crippen LogP contribution in [-0.4, -0.2) is 17.1 Å². The lowest BCUT2D eigenvalue weighted by atomic mass is 10.2. The number of hydrazone groups is 1. The summed E-state index contributed by atoms with van der Waals surface area (Å²) < 4.78 is 5.78. The van der Waals surface area contributed by atoms with E-state index in [1.807, 2.05) is 61.5 Å². The number of benzene rings is 2. The van der Waals surface area contributed by atoms with Crippen molar-refractivity contribution in [2.24, 2.45) is 5.10 Å². The molecule has 0 unspecified atom stereocenters. The molecule has 0 aliphatic rings. The maximum absolute atomic E-state index is 12.2. The highest BCUT2D eigenvalue weighted by Gasteiger charge is 2.15. The Kier molecular flexibility index (Phi) is 5.60. The van der Waals surface area contributed by atoms with Crippen LogP contribution in [0.25, 0.3) is 0 Å². The maximum atomic E-state index is 12.2. The molecule has 0 bridgehead atoms. The first-order valence-corrected chi connectivity index (χ1v) is 8.89. The van der Waals surface area contributed by atoms with Crippen molar-refractivity contribution in [3.63, 3.8) is 0 Å². The number of aromatic nitrogens is 1. The number of nitrogens with two attached hydrogens (primary N) is 1. The number of nitrogens with zero attached hydrogens (tertiary/aromatic N) is 2. The van der Waals surface area contributed by atoms with Gasteiger partial charge in [0.25, 0.3) is 5.91 Å². The molecule has 0 aliphatic heterocycles. The molecule has 0 saturated heterocycles. The zero-order valence-corrected chi connectivity index (χ0v) is 15.0. The van der Waals surface area contributed by atoms with E-state index in [1.165, 1.54) is 0 Å². The number of hydrogen-bond acceptors (Lipinski definition) is 6. The number of amides is 1. The number of thiazole rings is 1. The Morgan fingerprint density at radius 1 is 1.23 bits per heavy atom. The topological polar surface area (TPSA) is 89.6 Å². The fourth-order valence-electron chi connectivity index (χ4n) is 2.29. The average Bonchev–Trinajstić information content (AvgIpc) is 3.04. The van der Waals surface area contributed by atoms with Gasteiger partial charge in [-0.2, -0.15) is 5.10 Å². The molecule has 3 aromatic rings. The first-order chi connectivity index (χ1) is 12.7. The Morgan fingerprint density at radius 2 is 2.00 bits per heavy atom. The molecule has 0 radical (unpaired) electrons. The van der Waals surface area contributed by atoms with Crippen molar-refractivity contribution in [3.8, 4) is 11.5 Å². The van der Waals surface area contributed by atoms with Gasteiger partial charge < -0.3 is 10.5 Å². The van der Waals surface area contributed by atoms with E-state index in [0.717, 1.165) is 22.6 Å². The van der Waals surface area contributed by atoms with Gasteiger partial charge in [0.15, 0.2) is 5.13 Å². The van der Waals surface area contributed by atoms with E-state index in [0.29, 0.717) is 27.9 Å². The highest BCUT2D eigenvalue weighted by molar-refractivity contribution is 7.17. The van der Waals surface area contributed by atoms with Crippen LogP contribution in [0.5, 0.6) is 11.5 Å². The number of carbonyl (C=O) groups is 1. The number of aryl methyl sites for hydroxylation is 1. The minimum Gasteiger partial charge on any atom is -0.457 e. The van der Waals surface area contributed by atoms with Crippen molar-refractivity contribution >= 4 is 28.6 Å². The SMILES string of the molecule is CCc1nc(N)sc1C(=O)NN=Cc1cccc(Oc2ccccc2)c1. The van der Waals surface area contributed by atoms with Gasteiger partial charge in [0.2, 0.25) is 0 Å². The molecule has 0 fully saturated rings. The lowest BCUT2D eigenvalue weighted by Gasteiger charge is -2.05. The Labute approximate surface area is 155 Å². The van der Waals surface area contributed by atoms with Crippen molar-refractivity contribution in [2.45, 2.75) is 13.3 Å². The molecule has 0 saturated carbocycles. The summed E-state index contributed by atoms with van der Waals surface area (Å²) in [4.78, 5) is 16.8. The second-order valence-corrected chi connectivity index (χ2v) is 6.40. The molecule has 6 nitrogen and oxygen atoms in total. The van der Waals surface area contributed by atoms with E-state index in [4.69, 9.17) is 10.5 Å². The van der Waals surface area contributed by atoms with Gasteiger partial charge in [-0.15, -0.1) is 0 Å². The number of para-hydroxylation sites is 1. The Bertz CT molecular complexity index is 922. The molecule has 7 heteroatoms. The summed E-state index contributed by atoms with van der Waals surface area (Å²) in [6.07, 6.45) is 2.20. The third-order valence-corrected chi connectivity index (χ3v) is 4.40. The van der Waals surface area contributed by atoms with E-state index in [1.54, 1.807) is 6.21 Å². The van der Waals surface area contributed by atoms with Crippen LogP contribution in [0.15, 0.2) is 59.7 Å². The van der Waals surface area contributed by atoms with E-state index in [2.05, 4.69) is 15.5 Å². The monoisotopic (exact) mass is 366 g/mol. The van der Waals surface area contributed by atoms with Crippen molar-refractivity contribution in [1.82, 2.24) is 10.4 Å². The van der Waals surface area contributed by atoms with Gasteiger partial charge in [-0.3, -0.25) is 4.79 Å². The van der Waals surface area contributed by atoms with Crippen molar-refractivity contribution in [3.05, 3.63) is 70.7 Å². The average molecular weight is 366 g/mol. The Hall–Kier alpha value is -3.19. The lowest BCUT2D eigenvalue weighted by Crippen LogP contribution is -2.17. The molecule has 0 atom stereocenters. The zero-order valence-electron chi connectivity index (χ0n) is 14.2. The van der Waals surface area contributed by atoms with Crippen molar-refractivity contribution in [1.29, 1.82) is 0 Å². The normalized spacial score (nSPS) is 10.8. The Balaban J connectivity index is 1.65. The molecule has 26 heavy (non-hydrogen) atoms. The number of carbonyl (C=O) groups excluding carboxylic acids is 1. The number of rotatable bonds is 6. The van der Waals surface area contributed by atoms with Crippen LogP contribution in [-0.2, 0) is 6.42 Å². The third kappa shape index (κ3) is 4.46. The number of anilines is 1. The molecule has 3 N–H and O–H groups in total. The number of hydrogen-bond donors (Lipinski definition) is 2. The lowest BCUT2D eigenvalue weighted by molar-refractivity contribution is 0.0958. The summed E-state index contributed by atoms with van der Waals surface area (Å²) >= 11 is 1.16. The predicted molar refractivity (Wildman–Crippen MR) is 104 cm³/mol. The molecule has 1 aromatic heterocycles. The highest BCUT2D eigenvalue weighted by Crippen LogP contribution is 2.22. The summed E-state index contributed by atoms with van der Waals surface area (Å²) in [5, 5.41) is 4.39. The van der Waals surface area contributed by atoms with Crippen LogP contribution in [0.1, 0.15) is 27.9 Å². The second-order valence-electron chi connectivity index (χ2n) is 5.37. The first kappa shape index (κ1) is 17.6. The van der Waals surface area contributed by atoms with E-state index >= 15 is 0 Å². The van der Waals surface area contributed by atoms with Crippen LogP contribution in [0.2, 0.25) is 0 Å². The van der Waals surface area contributed by atoms with Crippen LogP contribution in [0.3, 0.4) is 0 Å². The van der Waals surface area contributed by atoms with Gasteiger partial charge in [0.1, 0.15) is 16.4 Å². The molecular formula is C19H18N4O2S. The van der Waals surface area contributed by atoms with Crippen LogP contribution >= 0.6 is 11.3 Å². The smallest absolute Gasteiger partial charge is 0.283 e. The summed E-state index contributed by atoms with van der Waals surface area (Å²) in [5.74, 6) is 1.13. The minimum atomic E-state index is -0.316. The Morgan fingerprint density at radius 3 is 2.77 bits per heavy atom. The maximum Gasteiger partial charge on any atom is 0.283 e. The summed E-state index contributed by atoms with van der Waals surface area (Å²) in [6, 6.07) is 16.9. The minimum absolute atomic E-state index is 0.316. The molecular weight excluding hydrogens is 348 g/mol. The summed E-state index contributed by atoms with van der Waals surface area (Å²) in [6.45, 7) is 1.92. The van der Waals surface area contributed by atoms with Gasteiger partial charge in [-0.05, 0) is 36.2 Å². The van der Waals surface area contributed by atoms with E-state index in [9.17, 15) is 4.79 Å². The third-order valence-electron chi connectivity index (χ3n) is 3.47. The van der Waals surface area contributed by atoms with Crippen molar-refractivity contribution < 1.29 is 9.53 Å².